The Hall–Kier alpha value is -1.85. The number of hydrogen-bond donors (Lipinski definition) is 1. The monoisotopic (exact) mass is 272 g/mol. The maximum absolute atomic E-state index is 5.54. The SMILES string of the molecule is NCc1cc(CN2CCN(c3ccccc3)CC2)on1. The lowest BCUT2D eigenvalue weighted by Crippen LogP contribution is -2.45. The first-order chi connectivity index (χ1) is 9.85. The molecule has 1 aliphatic heterocycles. The van der Waals surface area contributed by atoms with Gasteiger partial charge in [0.1, 0.15) is 0 Å². The Balaban J connectivity index is 1.53. The largest absolute Gasteiger partial charge is 0.369 e. The van der Waals surface area contributed by atoms with Gasteiger partial charge in [-0.1, -0.05) is 23.4 Å². The number of aromatic nitrogens is 1. The van der Waals surface area contributed by atoms with Crippen molar-refractivity contribution in [2.45, 2.75) is 13.1 Å². The molecule has 0 aliphatic carbocycles. The predicted octanol–water partition coefficient (Wildman–Crippen LogP) is 1.46. The summed E-state index contributed by atoms with van der Waals surface area (Å²) in [5.74, 6) is 0.901. The van der Waals surface area contributed by atoms with Crippen molar-refractivity contribution in [3.8, 4) is 0 Å². The number of nitrogens with two attached hydrogens (primary N) is 1. The van der Waals surface area contributed by atoms with E-state index >= 15 is 0 Å². The van der Waals surface area contributed by atoms with Crippen molar-refractivity contribution in [3.63, 3.8) is 0 Å². The highest BCUT2D eigenvalue weighted by molar-refractivity contribution is 5.46. The van der Waals surface area contributed by atoms with Gasteiger partial charge in [-0.15, -0.1) is 0 Å². The zero-order valence-corrected chi connectivity index (χ0v) is 11.5. The van der Waals surface area contributed by atoms with Gasteiger partial charge in [-0.3, -0.25) is 4.90 Å². The van der Waals surface area contributed by atoms with Gasteiger partial charge < -0.3 is 15.2 Å². The Kier molecular flexibility index (Phi) is 3.99. The molecular weight excluding hydrogens is 252 g/mol. The lowest BCUT2D eigenvalue weighted by Gasteiger charge is -2.35. The minimum Gasteiger partial charge on any atom is -0.369 e. The van der Waals surface area contributed by atoms with E-state index in [1.54, 1.807) is 0 Å². The molecule has 1 saturated heterocycles. The second-order valence-electron chi connectivity index (χ2n) is 5.09. The molecule has 2 N–H and O–H groups in total. The first-order valence-electron chi connectivity index (χ1n) is 7.02. The van der Waals surface area contributed by atoms with E-state index in [1.807, 2.05) is 6.07 Å². The summed E-state index contributed by atoms with van der Waals surface area (Å²) in [6.45, 7) is 5.41. The van der Waals surface area contributed by atoms with Crippen molar-refractivity contribution in [2.24, 2.45) is 5.73 Å². The molecule has 0 saturated carbocycles. The summed E-state index contributed by atoms with van der Waals surface area (Å²) in [5.41, 5.74) is 7.66. The van der Waals surface area contributed by atoms with Crippen molar-refractivity contribution in [1.82, 2.24) is 10.1 Å². The van der Waals surface area contributed by atoms with Crippen LogP contribution in [0, 0.1) is 0 Å². The minimum absolute atomic E-state index is 0.436. The first-order valence-corrected chi connectivity index (χ1v) is 7.02. The van der Waals surface area contributed by atoms with E-state index in [9.17, 15) is 0 Å². The normalized spacial score (nSPS) is 16.6. The number of rotatable bonds is 4. The van der Waals surface area contributed by atoms with E-state index < -0.39 is 0 Å². The van der Waals surface area contributed by atoms with Gasteiger partial charge in [-0.25, -0.2) is 0 Å². The Labute approximate surface area is 118 Å². The quantitative estimate of drug-likeness (QED) is 0.913. The molecule has 0 amide bonds. The highest BCUT2D eigenvalue weighted by atomic mass is 16.5. The van der Waals surface area contributed by atoms with Crippen LogP contribution in [0.3, 0.4) is 0 Å². The molecule has 106 valence electrons. The number of hydrogen-bond acceptors (Lipinski definition) is 5. The van der Waals surface area contributed by atoms with Gasteiger partial charge in [-0.2, -0.15) is 0 Å². The number of piperazine rings is 1. The maximum atomic E-state index is 5.54. The summed E-state index contributed by atoms with van der Waals surface area (Å²) in [6, 6.07) is 12.5. The predicted molar refractivity (Wildman–Crippen MR) is 78.3 cm³/mol. The van der Waals surface area contributed by atoms with Crippen LogP contribution >= 0.6 is 0 Å². The van der Waals surface area contributed by atoms with E-state index in [0.29, 0.717) is 6.54 Å². The third-order valence-corrected chi connectivity index (χ3v) is 3.69. The lowest BCUT2D eigenvalue weighted by molar-refractivity contribution is 0.219. The summed E-state index contributed by atoms with van der Waals surface area (Å²) in [4.78, 5) is 4.81. The molecule has 0 unspecified atom stereocenters. The summed E-state index contributed by atoms with van der Waals surface area (Å²) < 4.78 is 5.28. The molecular formula is C15H20N4O. The molecule has 0 radical (unpaired) electrons. The van der Waals surface area contributed by atoms with E-state index in [2.05, 4.69) is 45.3 Å². The third kappa shape index (κ3) is 3.00. The van der Waals surface area contributed by atoms with Gasteiger partial charge >= 0.3 is 0 Å². The van der Waals surface area contributed by atoms with Crippen molar-refractivity contribution in [1.29, 1.82) is 0 Å². The van der Waals surface area contributed by atoms with Gasteiger partial charge in [0.2, 0.25) is 0 Å². The molecule has 5 heteroatoms. The lowest BCUT2D eigenvalue weighted by atomic mass is 10.2. The van der Waals surface area contributed by atoms with Gasteiger partial charge in [0.15, 0.2) is 5.76 Å². The van der Waals surface area contributed by atoms with Gasteiger partial charge in [0, 0.05) is 44.5 Å². The highest BCUT2D eigenvalue weighted by Gasteiger charge is 2.18. The van der Waals surface area contributed by atoms with Crippen LogP contribution in [-0.2, 0) is 13.1 Å². The average Bonchev–Trinajstić information content (AvgIpc) is 2.97. The van der Waals surface area contributed by atoms with E-state index in [0.717, 1.165) is 44.2 Å². The zero-order valence-electron chi connectivity index (χ0n) is 11.5. The molecule has 2 heterocycles. The summed E-state index contributed by atoms with van der Waals surface area (Å²) in [7, 11) is 0. The fraction of sp³-hybridized carbons (Fsp3) is 0.400. The summed E-state index contributed by atoms with van der Waals surface area (Å²) in [5, 5.41) is 3.93. The molecule has 3 rings (SSSR count). The molecule has 20 heavy (non-hydrogen) atoms. The van der Waals surface area contributed by atoms with Crippen LogP contribution in [0.5, 0.6) is 0 Å². The number of anilines is 1. The van der Waals surface area contributed by atoms with Crippen molar-refractivity contribution in [3.05, 3.63) is 47.9 Å². The number of para-hydroxylation sites is 1. The average molecular weight is 272 g/mol. The molecule has 1 aliphatic rings. The Morgan fingerprint density at radius 2 is 1.85 bits per heavy atom. The standard InChI is InChI=1S/C15H20N4O/c16-11-13-10-15(20-17-13)12-18-6-8-19(9-7-18)14-4-2-1-3-5-14/h1-5,10H,6-9,11-12,16H2. The second-order valence-corrected chi connectivity index (χ2v) is 5.09. The topological polar surface area (TPSA) is 58.5 Å². The van der Waals surface area contributed by atoms with Crippen LogP contribution in [0.25, 0.3) is 0 Å². The molecule has 1 aromatic carbocycles. The second kappa shape index (κ2) is 6.07. The van der Waals surface area contributed by atoms with Crippen LogP contribution in [0.2, 0.25) is 0 Å². The Morgan fingerprint density at radius 1 is 1.10 bits per heavy atom. The Bertz CT molecular complexity index is 532. The number of benzene rings is 1. The third-order valence-electron chi connectivity index (χ3n) is 3.69. The van der Waals surface area contributed by atoms with E-state index in [4.69, 9.17) is 10.3 Å². The molecule has 2 aromatic rings. The van der Waals surface area contributed by atoms with Crippen molar-refractivity contribution < 1.29 is 4.52 Å². The molecule has 1 fully saturated rings. The summed E-state index contributed by atoms with van der Waals surface area (Å²) >= 11 is 0. The first kappa shape index (κ1) is 13.1. The molecule has 0 atom stereocenters. The van der Waals surface area contributed by atoms with Crippen LogP contribution < -0.4 is 10.6 Å². The van der Waals surface area contributed by atoms with Gasteiger partial charge in [-0.05, 0) is 12.1 Å². The molecule has 0 spiro atoms. The van der Waals surface area contributed by atoms with Crippen molar-refractivity contribution >= 4 is 5.69 Å². The van der Waals surface area contributed by atoms with Gasteiger partial charge in [0.05, 0.1) is 12.2 Å². The minimum atomic E-state index is 0.436. The molecule has 5 nitrogen and oxygen atoms in total. The van der Waals surface area contributed by atoms with Crippen molar-refractivity contribution in [2.75, 3.05) is 31.1 Å². The fourth-order valence-corrected chi connectivity index (χ4v) is 2.55. The van der Waals surface area contributed by atoms with Crippen LogP contribution in [0.4, 0.5) is 5.69 Å². The van der Waals surface area contributed by atoms with E-state index in [-0.39, 0.29) is 0 Å². The van der Waals surface area contributed by atoms with Crippen LogP contribution in [0.1, 0.15) is 11.5 Å². The molecule has 1 aromatic heterocycles. The zero-order chi connectivity index (χ0) is 13.8. The summed E-state index contributed by atoms with van der Waals surface area (Å²) in [6.07, 6.45) is 0. The maximum Gasteiger partial charge on any atom is 0.151 e. The van der Waals surface area contributed by atoms with Gasteiger partial charge in [0.25, 0.3) is 0 Å². The fourth-order valence-electron chi connectivity index (χ4n) is 2.55. The highest BCUT2D eigenvalue weighted by Crippen LogP contribution is 2.16. The number of nitrogens with zero attached hydrogens (tertiary/aromatic N) is 3. The Morgan fingerprint density at radius 3 is 2.50 bits per heavy atom. The van der Waals surface area contributed by atoms with E-state index in [1.165, 1.54) is 5.69 Å². The van der Waals surface area contributed by atoms with Crippen LogP contribution in [0.15, 0.2) is 40.9 Å². The van der Waals surface area contributed by atoms with Crippen LogP contribution in [-0.4, -0.2) is 36.2 Å². The molecule has 0 bridgehead atoms. The smallest absolute Gasteiger partial charge is 0.151 e.